The fourth-order valence-corrected chi connectivity index (χ4v) is 2.77. The van der Waals surface area contributed by atoms with E-state index in [0.717, 1.165) is 26.9 Å². The van der Waals surface area contributed by atoms with Gasteiger partial charge in [0.25, 0.3) is 0 Å². The minimum absolute atomic E-state index is 0.908. The molecule has 0 amide bonds. The number of halogens is 2. The molecule has 2 aromatic carbocycles. The van der Waals surface area contributed by atoms with Gasteiger partial charge in [0.1, 0.15) is 11.3 Å². The highest BCUT2D eigenvalue weighted by Gasteiger charge is 2.07. The molecule has 0 atom stereocenters. The highest BCUT2D eigenvalue weighted by atomic mass is 127. The molecule has 0 aliphatic rings. The molecule has 0 fully saturated rings. The lowest BCUT2D eigenvalue weighted by atomic mass is 10.2. The zero-order chi connectivity index (χ0) is 11.8. The van der Waals surface area contributed by atoms with E-state index in [1.807, 2.05) is 24.3 Å². The number of nitrogens with zero attached hydrogens (tertiary/aromatic N) is 1. The maximum Gasteiger partial charge on any atom is 0.138 e. The SMILES string of the molecule is Brc1cccc2[nH]c(-c3cccc(I)c3)nc12. The number of nitrogens with one attached hydrogen (secondary N) is 1. The second-order valence-electron chi connectivity index (χ2n) is 3.73. The van der Waals surface area contributed by atoms with Crippen LogP contribution in [0.15, 0.2) is 46.9 Å². The molecule has 0 spiro atoms. The van der Waals surface area contributed by atoms with Crippen LogP contribution < -0.4 is 0 Å². The number of imidazole rings is 1. The van der Waals surface area contributed by atoms with Crippen molar-refractivity contribution in [2.45, 2.75) is 0 Å². The molecule has 0 aliphatic carbocycles. The van der Waals surface area contributed by atoms with E-state index in [-0.39, 0.29) is 0 Å². The molecular formula is C13H8BrIN2. The van der Waals surface area contributed by atoms with E-state index >= 15 is 0 Å². The van der Waals surface area contributed by atoms with Crippen LogP contribution in [0.3, 0.4) is 0 Å². The predicted molar refractivity (Wildman–Crippen MR) is 81.9 cm³/mol. The van der Waals surface area contributed by atoms with Crippen LogP contribution in [-0.2, 0) is 0 Å². The Balaban J connectivity index is 2.22. The van der Waals surface area contributed by atoms with Gasteiger partial charge in [-0.15, -0.1) is 0 Å². The van der Waals surface area contributed by atoms with E-state index < -0.39 is 0 Å². The molecule has 3 aromatic rings. The number of para-hydroxylation sites is 1. The topological polar surface area (TPSA) is 28.7 Å². The smallest absolute Gasteiger partial charge is 0.138 e. The predicted octanol–water partition coefficient (Wildman–Crippen LogP) is 4.60. The molecule has 0 saturated carbocycles. The van der Waals surface area contributed by atoms with E-state index in [4.69, 9.17) is 0 Å². The van der Waals surface area contributed by atoms with Crippen molar-refractivity contribution in [3.8, 4) is 11.4 Å². The number of fused-ring (bicyclic) bond motifs is 1. The fraction of sp³-hybridized carbons (Fsp3) is 0. The molecule has 0 unspecified atom stereocenters. The van der Waals surface area contributed by atoms with E-state index in [1.54, 1.807) is 0 Å². The van der Waals surface area contributed by atoms with Crippen molar-refractivity contribution >= 4 is 49.6 Å². The molecule has 84 valence electrons. The minimum atomic E-state index is 0.908. The molecule has 1 N–H and O–H groups in total. The zero-order valence-corrected chi connectivity index (χ0v) is 12.5. The molecule has 17 heavy (non-hydrogen) atoms. The van der Waals surface area contributed by atoms with Crippen LogP contribution in [-0.4, -0.2) is 9.97 Å². The molecular weight excluding hydrogens is 391 g/mol. The quantitative estimate of drug-likeness (QED) is 0.596. The van der Waals surface area contributed by atoms with E-state index in [1.165, 1.54) is 3.57 Å². The second kappa shape index (κ2) is 4.42. The first-order valence-corrected chi connectivity index (χ1v) is 7.01. The maximum atomic E-state index is 4.62. The Morgan fingerprint density at radius 3 is 2.71 bits per heavy atom. The number of hydrogen-bond acceptors (Lipinski definition) is 1. The van der Waals surface area contributed by atoms with Crippen LogP contribution in [0.25, 0.3) is 22.4 Å². The standard InChI is InChI=1S/C13H8BrIN2/c14-10-5-2-6-11-12(10)17-13(16-11)8-3-1-4-9(15)7-8/h1-7H,(H,16,17). The number of aromatic amines is 1. The van der Waals surface area contributed by atoms with Crippen molar-refractivity contribution in [3.63, 3.8) is 0 Å². The van der Waals surface area contributed by atoms with Gasteiger partial charge in [-0.3, -0.25) is 0 Å². The summed E-state index contributed by atoms with van der Waals surface area (Å²) in [6.45, 7) is 0. The molecule has 4 heteroatoms. The Hall–Kier alpha value is -0.880. The molecule has 0 bridgehead atoms. The molecule has 3 rings (SSSR count). The first-order valence-electron chi connectivity index (χ1n) is 5.14. The Morgan fingerprint density at radius 1 is 1.12 bits per heavy atom. The van der Waals surface area contributed by atoms with Crippen molar-refractivity contribution in [3.05, 3.63) is 50.5 Å². The molecule has 0 aliphatic heterocycles. The Morgan fingerprint density at radius 2 is 1.94 bits per heavy atom. The highest BCUT2D eigenvalue weighted by Crippen LogP contribution is 2.26. The lowest BCUT2D eigenvalue weighted by Gasteiger charge is -1.96. The summed E-state index contributed by atoms with van der Waals surface area (Å²) in [5.41, 5.74) is 3.13. The van der Waals surface area contributed by atoms with Gasteiger partial charge >= 0.3 is 0 Å². The molecule has 1 heterocycles. The summed E-state index contributed by atoms with van der Waals surface area (Å²) in [6.07, 6.45) is 0. The summed E-state index contributed by atoms with van der Waals surface area (Å²) in [4.78, 5) is 7.95. The number of benzene rings is 2. The first kappa shape index (κ1) is 11.2. The van der Waals surface area contributed by atoms with E-state index in [0.29, 0.717) is 0 Å². The number of rotatable bonds is 1. The number of aromatic nitrogens is 2. The largest absolute Gasteiger partial charge is 0.338 e. The third-order valence-electron chi connectivity index (χ3n) is 2.56. The van der Waals surface area contributed by atoms with Gasteiger partial charge < -0.3 is 4.98 Å². The van der Waals surface area contributed by atoms with E-state index in [9.17, 15) is 0 Å². The summed E-state index contributed by atoms with van der Waals surface area (Å²) >= 11 is 5.82. The maximum absolute atomic E-state index is 4.62. The van der Waals surface area contributed by atoms with Crippen molar-refractivity contribution in [2.75, 3.05) is 0 Å². The van der Waals surface area contributed by atoms with Crippen LogP contribution in [0.1, 0.15) is 0 Å². The minimum Gasteiger partial charge on any atom is -0.338 e. The van der Waals surface area contributed by atoms with Crippen LogP contribution in [0, 0.1) is 3.57 Å². The zero-order valence-electron chi connectivity index (χ0n) is 8.74. The van der Waals surface area contributed by atoms with Crippen molar-refractivity contribution in [1.82, 2.24) is 9.97 Å². The molecule has 0 saturated heterocycles. The van der Waals surface area contributed by atoms with Gasteiger partial charge in [-0.25, -0.2) is 4.98 Å². The number of H-pyrrole nitrogens is 1. The third-order valence-corrected chi connectivity index (χ3v) is 3.87. The van der Waals surface area contributed by atoms with Crippen molar-refractivity contribution in [1.29, 1.82) is 0 Å². The summed E-state index contributed by atoms with van der Waals surface area (Å²) in [7, 11) is 0. The van der Waals surface area contributed by atoms with Crippen LogP contribution >= 0.6 is 38.5 Å². The number of hydrogen-bond donors (Lipinski definition) is 1. The molecule has 2 nitrogen and oxygen atoms in total. The fourth-order valence-electron chi connectivity index (χ4n) is 1.77. The summed E-state index contributed by atoms with van der Waals surface area (Å²) in [5, 5.41) is 0. The monoisotopic (exact) mass is 398 g/mol. The normalized spacial score (nSPS) is 10.9. The first-order chi connectivity index (χ1) is 8.24. The lowest BCUT2D eigenvalue weighted by molar-refractivity contribution is 1.33. The van der Waals surface area contributed by atoms with Gasteiger partial charge in [0.05, 0.1) is 5.52 Å². The van der Waals surface area contributed by atoms with E-state index in [2.05, 4.69) is 66.7 Å². The highest BCUT2D eigenvalue weighted by molar-refractivity contribution is 14.1. The van der Waals surface area contributed by atoms with Crippen LogP contribution in [0.4, 0.5) is 0 Å². The third kappa shape index (κ3) is 2.11. The molecule has 1 aromatic heterocycles. The Labute approximate surface area is 121 Å². The second-order valence-corrected chi connectivity index (χ2v) is 5.83. The summed E-state index contributed by atoms with van der Waals surface area (Å²) in [6, 6.07) is 14.3. The average Bonchev–Trinajstić information content (AvgIpc) is 2.74. The Bertz CT molecular complexity index is 691. The average molecular weight is 399 g/mol. The van der Waals surface area contributed by atoms with Gasteiger partial charge in [0, 0.05) is 13.6 Å². The van der Waals surface area contributed by atoms with Gasteiger partial charge in [-0.05, 0) is 62.8 Å². The van der Waals surface area contributed by atoms with Crippen LogP contribution in [0.2, 0.25) is 0 Å². The van der Waals surface area contributed by atoms with Crippen molar-refractivity contribution < 1.29 is 0 Å². The van der Waals surface area contributed by atoms with Gasteiger partial charge in [-0.2, -0.15) is 0 Å². The van der Waals surface area contributed by atoms with Gasteiger partial charge in [0.2, 0.25) is 0 Å². The van der Waals surface area contributed by atoms with Crippen molar-refractivity contribution in [2.24, 2.45) is 0 Å². The van der Waals surface area contributed by atoms with Gasteiger partial charge in [-0.1, -0.05) is 18.2 Å². The Kier molecular flexibility index (Phi) is 2.92. The summed E-state index contributed by atoms with van der Waals surface area (Å²) < 4.78 is 2.22. The van der Waals surface area contributed by atoms with Gasteiger partial charge in [0.15, 0.2) is 0 Å². The lowest BCUT2D eigenvalue weighted by Crippen LogP contribution is -1.80. The molecule has 0 radical (unpaired) electrons. The summed E-state index contributed by atoms with van der Waals surface area (Å²) in [5.74, 6) is 0.908. The van der Waals surface area contributed by atoms with Crippen LogP contribution in [0.5, 0.6) is 0 Å².